The van der Waals surface area contributed by atoms with E-state index in [1.165, 1.54) is 0 Å². The predicted molar refractivity (Wildman–Crippen MR) is 112 cm³/mol. The molecule has 1 spiro atoms. The lowest BCUT2D eigenvalue weighted by molar-refractivity contribution is -0.0797. The summed E-state index contributed by atoms with van der Waals surface area (Å²) >= 11 is 7.63. The van der Waals surface area contributed by atoms with E-state index in [1.807, 2.05) is 43.3 Å². The Hall–Kier alpha value is -1.09. The topological polar surface area (TPSA) is 49.9 Å². The van der Waals surface area contributed by atoms with Gasteiger partial charge >= 0.3 is 0 Å². The van der Waals surface area contributed by atoms with Crippen molar-refractivity contribution in [2.24, 2.45) is 0 Å². The summed E-state index contributed by atoms with van der Waals surface area (Å²) in [6.45, 7) is 4.31. The lowest BCUT2D eigenvalue weighted by Gasteiger charge is -2.42. The van der Waals surface area contributed by atoms with Crippen LogP contribution in [-0.2, 0) is 14.8 Å². The van der Waals surface area contributed by atoms with Gasteiger partial charge in [0.25, 0.3) is 0 Å². The molecule has 0 N–H and O–H groups in total. The van der Waals surface area contributed by atoms with Gasteiger partial charge in [-0.1, -0.05) is 29.3 Å². The second-order valence-electron chi connectivity index (χ2n) is 7.16. The number of hydrogen-bond donors (Lipinski definition) is 0. The Morgan fingerprint density at radius 1 is 1.00 bits per heavy atom. The number of halogens is 1. The number of piperidine rings is 1. The van der Waals surface area contributed by atoms with Crippen molar-refractivity contribution in [2.45, 2.75) is 35.3 Å². The molecular weight excluding hydrogens is 416 g/mol. The molecule has 0 unspecified atom stereocenters. The Bertz CT molecular complexity index is 925. The van der Waals surface area contributed by atoms with Gasteiger partial charge in [-0.25, -0.2) is 12.7 Å². The fraction of sp³-hybridized carbons (Fsp3) is 0.400. The maximum absolute atomic E-state index is 13.2. The van der Waals surface area contributed by atoms with E-state index in [0.29, 0.717) is 30.9 Å². The third kappa shape index (κ3) is 3.97. The smallest absolute Gasteiger partial charge is 0.245 e. The van der Waals surface area contributed by atoms with Gasteiger partial charge in [-0.15, -0.1) is 0 Å². The van der Waals surface area contributed by atoms with E-state index in [0.717, 1.165) is 28.6 Å². The highest BCUT2D eigenvalue weighted by atomic mass is 35.5. The van der Waals surface area contributed by atoms with Crippen LogP contribution < -0.4 is 0 Å². The summed E-state index contributed by atoms with van der Waals surface area (Å²) in [5, 5.41) is 0.721. The van der Waals surface area contributed by atoms with Crippen molar-refractivity contribution >= 4 is 33.6 Å². The van der Waals surface area contributed by atoms with Gasteiger partial charge in [-0.05, 0) is 55.3 Å². The van der Waals surface area contributed by atoms with Crippen LogP contribution in [0.3, 0.4) is 0 Å². The maximum atomic E-state index is 13.2. The van der Waals surface area contributed by atoms with Gasteiger partial charge in [0.05, 0.1) is 11.5 Å². The Kier molecular flexibility index (Phi) is 5.75. The zero-order valence-electron chi connectivity index (χ0n) is 15.7. The third-order valence-electron chi connectivity index (χ3n) is 5.28. The van der Waals surface area contributed by atoms with Gasteiger partial charge < -0.3 is 4.74 Å². The van der Waals surface area contributed by atoms with Gasteiger partial charge in [0.1, 0.15) is 5.72 Å². The average Bonchev–Trinajstić information content (AvgIpc) is 3.10. The molecule has 0 saturated carbocycles. The van der Waals surface area contributed by atoms with Crippen LogP contribution in [0.4, 0.5) is 0 Å². The molecular formula is C20H23ClN2O3S2. The first-order valence-corrected chi connectivity index (χ1v) is 11.9. The zero-order chi connectivity index (χ0) is 19.8. The molecule has 28 heavy (non-hydrogen) atoms. The summed E-state index contributed by atoms with van der Waals surface area (Å²) in [6, 6.07) is 14.8. The highest BCUT2D eigenvalue weighted by molar-refractivity contribution is 7.97. The largest absolute Gasteiger partial charge is 0.358 e. The van der Waals surface area contributed by atoms with Crippen LogP contribution in [0, 0.1) is 6.92 Å². The highest BCUT2D eigenvalue weighted by Crippen LogP contribution is 2.40. The molecule has 2 aromatic rings. The molecule has 2 heterocycles. The Balaban J connectivity index is 1.47. The van der Waals surface area contributed by atoms with E-state index >= 15 is 0 Å². The van der Waals surface area contributed by atoms with Gasteiger partial charge in [-0.3, -0.25) is 0 Å². The minimum atomic E-state index is -3.58. The summed E-state index contributed by atoms with van der Waals surface area (Å²) in [5.41, 5.74) is 0.305. The lowest BCUT2D eigenvalue weighted by Crippen LogP contribution is -2.53. The molecule has 8 heteroatoms. The fourth-order valence-electron chi connectivity index (χ4n) is 3.74. The number of aryl methyl sites for hydroxylation is 1. The molecule has 2 fully saturated rings. The Labute approximate surface area is 175 Å². The Morgan fingerprint density at radius 2 is 1.64 bits per heavy atom. The minimum Gasteiger partial charge on any atom is -0.358 e. The standard InChI is InChI=1S/C20H23ClN2O3S2/c1-16-2-8-19(9-3-16)28(24,25)23-14-15-26-20(23)10-12-22(13-11-20)27-18-6-4-17(21)5-7-18/h2-9H,10-15H2,1H3. The molecule has 2 aliphatic heterocycles. The molecule has 0 atom stereocenters. The summed E-state index contributed by atoms with van der Waals surface area (Å²) in [4.78, 5) is 1.46. The average molecular weight is 439 g/mol. The predicted octanol–water partition coefficient (Wildman–Crippen LogP) is 4.17. The van der Waals surface area contributed by atoms with Crippen molar-refractivity contribution < 1.29 is 13.2 Å². The number of hydrogen-bond acceptors (Lipinski definition) is 5. The van der Waals surface area contributed by atoms with Crippen molar-refractivity contribution in [3.8, 4) is 0 Å². The number of benzene rings is 2. The van der Waals surface area contributed by atoms with Crippen LogP contribution in [0.1, 0.15) is 18.4 Å². The molecule has 0 amide bonds. The van der Waals surface area contributed by atoms with Crippen molar-refractivity contribution in [1.29, 1.82) is 0 Å². The maximum Gasteiger partial charge on any atom is 0.245 e. The second-order valence-corrected chi connectivity index (χ2v) is 10.6. The molecule has 2 saturated heterocycles. The normalized spacial score (nSPS) is 20.6. The van der Waals surface area contributed by atoms with Crippen LogP contribution >= 0.6 is 23.5 Å². The molecule has 2 aliphatic rings. The van der Waals surface area contributed by atoms with E-state index in [9.17, 15) is 8.42 Å². The zero-order valence-corrected chi connectivity index (χ0v) is 18.1. The van der Waals surface area contributed by atoms with E-state index < -0.39 is 15.7 Å². The number of ether oxygens (including phenoxy) is 1. The third-order valence-corrected chi connectivity index (χ3v) is 8.60. The van der Waals surface area contributed by atoms with Gasteiger partial charge in [0.2, 0.25) is 10.0 Å². The molecule has 0 bridgehead atoms. The first kappa shape index (κ1) is 20.2. The van der Waals surface area contributed by atoms with Crippen molar-refractivity contribution in [3.63, 3.8) is 0 Å². The van der Waals surface area contributed by atoms with Crippen molar-refractivity contribution in [2.75, 3.05) is 26.2 Å². The van der Waals surface area contributed by atoms with Crippen LogP contribution in [0.2, 0.25) is 5.02 Å². The summed E-state index contributed by atoms with van der Waals surface area (Å²) in [7, 11) is -3.58. The Morgan fingerprint density at radius 3 is 2.29 bits per heavy atom. The van der Waals surface area contributed by atoms with Crippen LogP contribution in [0.25, 0.3) is 0 Å². The number of rotatable bonds is 4. The first-order valence-electron chi connectivity index (χ1n) is 9.31. The van der Waals surface area contributed by atoms with E-state index in [-0.39, 0.29) is 0 Å². The summed E-state index contributed by atoms with van der Waals surface area (Å²) < 4.78 is 36.3. The monoisotopic (exact) mass is 438 g/mol. The number of sulfonamides is 1. The van der Waals surface area contributed by atoms with Gasteiger partial charge in [0.15, 0.2) is 0 Å². The van der Waals surface area contributed by atoms with Crippen molar-refractivity contribution in [1.82, 2.24) is 8.61 Å². The molecule has 0 radical (unpaired) electrons. The SMILES string of the molecule is Cc1ccc(S(=O)(=O)N2CCOC23CCN(Sc2ccc(Cl)cc2)CC3)cc1. The highest BCUT2D eigenvalue weighted by Gasteiger charge is 2.50. The molecule has 5 nitrogen and oxygen atoms in total. The second kappa shape index (κ2) is 7.97. The summed E-state index contributed by atoms with van der Waals surface area (Å²) in [6.07, 6.45) is 1.30. The fourth-order valence-corrected chi connectivity index (χ4v) is 6.51. The summed E-state index contributed by atoms with van der Waals surface area (Å²) in [5.74, 6) is 0. The van der Waals surface area contributed by atoms with Crippen molar-refractivity contribution in [3.05, 3.63) is 59.1 Å². The van der Waals surface area contributed by atoms with Crippen LogP contribution in [-0.4, -0.2) is 49.0 Å². The van der Waals surface area contributed by atoms with E-state index in [2.05, 4.69) is 4.31 Å². The lowest BCUT2D eigenvalue weighted by atomic mass is 10.0. The van der Waals surface area contributed by atoms with Crippen LogP contribution in [0.15, 0.2) is 58.3 Å². The minimum absolute atomic E-state index is 0.334. The molecule has 0 aliphatic carbocycles. The molecule has 150 valence electrons. The van der Waals surface area contributed by atoms with E-state index in [1.54, 1.807) is 28.4 Å². The first-order chi connectivity index (χ1) is 13.4. The molecule has 4 rings (SSSR count). The molecule has 0 aromatic heterocycles. The quantitative estimate of drug-likeness (QED) is 0.670. The van der Waals surface area contributed by atoms with E-state index in [4.69, 9.17) is 16.3 Å². The number of nitrogens with zero attached hydrogens (tertiary/aromatic N) is 2. The van der Waals surface area contributed by atoms with Gasteiger partial charge in [0, 0.05) is 42.4 Å². The van der Waals surface area contributed by atoms with Crippen LogP contribution in [0.5, 0.6) is 0 Å². The van der Waals surface area contributed by atoms with Gasteiger partial charge in [-0.2, -0.15) is 4.31 Å². The molecule has 2 aromatic carbocycles.